The average Bonchev–Trinajstić information content (AvgIpc) is 2.60. The third-order valence-electron chi connectivity index (χ3n) is 4.44. The normalized spacial score (nSPS) is 20.3. The summed E-state index contributed by atoms with van der Waals surface area (Å²) in [5.41, 5.74) is 0.913. The molecule has 2 rings (SSSR count). The SMILES string of the molecule is COc1cc(CNC(=O)C[NH+]2CC[NH+](C)CC2)cc(OC)c1OC. The number of methoxy groups -OCH3 is 3. The number of likely N-dealkylation sites (N-methyl/N-ethyl adjacent to an activating group) is 1. The first kappa shape index (κ1) is 18.4. The lowest BCUT2D eigenvalue weighted by Gasteiger charge is -2.26. The molecule has 0 aromatic heterocycles. The van der Waals surface area contributed by atoms with Gasteiger partial charge in [0, 0.05) is 6.54 Å². The highest BCUT2D eigenvalue weighted by Gasteiger charge is 2.22. The van der Waals surface area contributed by atoms with Crippen molar-refractivity contribution in [3.05, 3.63) is 17.7 Å². The summed E-state index contributed by atoms with van der Waals surface area (Å²) in [7, 11) is 6.93. The van der Waals surface area contributed by atoms with Crippen LogP contribution in [-0.2, 0) is 11.3 Å². The minimum Gasteiger partial charge on any atom is -0.493 e. The number of rotatable bonds is 7. The van der Waals surface area contributed by atoms with Gasteiger partial charge in [-0.1, -0.05) is 0 Å². The first-order valence-corrected chi connectivity index (χ1v) is 8.27. The van der Waals surface area contributed by atoms with Crippen molar-refractivity contribution in [1.29, 1.82) is 0 Å². The van der Waals surface area contributed by atoms with Crippen molar-refractivity contribution >= 4 is 5.91 Å². The minimum atomic E-state index is 0.0679. The van der Waals surface area contributed by atoms with Gasteiger partial charge in [0.15, 0.2) is 18.0 Å². The number of hydrogen-bond acceptors (Lipinski definition) is 4. The number of piperazine rings is 1. The Bertz CT molecular complexity index is 532. The highest BCUT2D eigenvalue weighted by Crippen LogP contribution is 2.38. The van der Waals surface area contributed by atoms with E-state index in [1.54, 1.807) is 21.3 Å². The molecule has 0 radical (unpaired) electrons. The van der Waals surface area contributed by atoms with Crippen LogP contribution in [0.25, 0.3) is 0 Å². The third-order valence-corrected chi connectivity index (χ3v) is 4.44. The molecule has 0 spiro atoms. The van der Waals surface area contributed by atoms with E-state index in [0.717, 1.165) is 31.7 Å². The second-order valence-corrected chi connectivity index (χ2v) is 6.19. The maximum absolute atomic E-state index is 12.2. The van der Waals surface area contributed by atoms with Crippen molar-refractivity contribution in [2.45, 2.75) is 6.54 Å². The molecule has 0 saturated carbocycles. The van der Waals surface area contributed by atoms with Gasteiger partial charge in [-0.05, 0) is 17.7 Å². The van der Waals surface area contributed by atoms with E-state index < -0.39 is 0 Å². The molecule has 0 bridgehead atoms. The van der Waals surface area contributed by atoms with Gasteiger partial charge in [0.2, 0.25) is 5.75 Å². The molecule has 1 heterocycles. The summed E-state index contributed by atoms with van der Waals surface area (Å²) in [5.74, 6) is 1.81. The molecule has 7 heteroatoms. The fourth-order valence-corrected chi connectivity index (χ4v) is 2.93. The number of nitrogens with one attached hydrogen (secondary N) is 3. The zero-order valence-corrected chi connectivity index (χ0v) is 15.0. The third kappa shape index (κ3) is 4.75. The highest BCUT2D eigenvalue weighted by molar-refractivity contribution is 5.76. The molecule has 1 saturated heterocycles. The molecule has 1 fully saturated rings. The lowest BCUT2D eigenvalue weighted by Crippen LogP contribution is -3.27. The van der Waals surface area contributed by atoms with E-state index in [1.165, 1.54) is 9.80 Å². The molecule has 1 aliphatic rings. The number of carbonyl (C=O) groups is 1. The molecule has 24 heavy (non-hydrogen) atoms. The number of benzene rings is 1. The van der Waals surface area contributed by atoms with E-state index in [2.05, 4.69) is 12.4 Å². The van der Waals surface area contributed by atoms with E-state index in [0.29, 0.717) is 30.3 Å². The van der Waals surface area contributed by atoms with Gasteiger partial charge >= 0.3 is 0 Å². The maximum atomic E-state index is 12.2. The second-order valence-electron chi connectivity index (χ2n) is 6.19. The Kier molecular flexibility index (Phi) is 6.69. The van der Waals surface area contributed by atoms with Crippen LogP contribution in [0.15, 0.2) is 12.1 Å². The van der Waals surface area contributed by atoms with Crippen LogP contribution in [0, 0.1) is 0 Å². The number of ether oxygens (including phenoxy) is 3. The van der Waals surface area contributed by atoms with Gasteiger partial charge in [0.25, 0.3) is 5.91 Å². The average molecular weight is 339 g/mol. The molecule has 1 amide bonds. The number of quaternary nitrogens is 2. The van der Waals surface area contributed by atoms with E-state index in [1.807, 2.05) is 12.1 Å². The molecule has 0 aliphatic carbocycles. The monoisotopic (exact) mass is 339 g/mol. The van der Waals surface area contributed by atoms with Crippen LogP contribution in [-0.4, -0.2) is 67.0 Å². The van der Waals surface area contributed by atoms with Crippen molar-refractivity contribution in [2.75, 3.05) is 61.1 Å². The van der Waals surface area contributed by atoms with Crippen LogP contribution in [0.1, 0.15) is 5.56 Å². The first-order valence-electron chi connectivity index (χ1n) is 8.27. The van der Waals surface area contributed by atoms with Crippen molar-refractivity contribution < 1.29 is 28.8 Å². The fourth-order valence-electron chi connectivity index (χ4n) is 2.93. The highest BCUT2D eigenvalue weighted by atomic mass is 16.5. The Labute approximate surface area is 143 Å². The zero-order chi connectivity index (χ0) is 17.5. The largest absolute Gasteiger partial charge is 0.493 e. The summed E-state index contributed by atoms with van der Waals surface area (Å²) < 4.78 is 16.0. The van der Waals surface area contributed by atoms with Gasteiger partial charge in [-0.3, -0.25) is 4.79 Å². The Morgan fingerprint density at radius 3 is 2.12 bits per heavy atom. The van der Waals surface area contributed by atoms with Crippen LogP contribution in [0.2, 0.25) is 0 Å². The molecular weight excluding hydrogens is 310 g/mol. The summed E-state index contributed by atoms with van der Waals surface area (Å²) in [5, 5.41) is 2.98. The lowest BCUT2D eigenvalue weighted by atomic mass is 10.1. The van der Waals surface area contributed by atoms with Gasteiger partial charge in [0.1, 0.15) is 26.2 Å². The molecule has 0 unspecified atom stereocenters. The Morgan fingerprint density at radius 1 is 1.04 bits per heavy atom. The number of hydrogen-bond donors (Lipinski definition) is 3. The molecular formula is C17H29N3O4+2. The summed E-state index contributed by atoms with van der Waals surface area (Å²) >= 11 is 0. The second kappa shape index (κ2) is 8.75. The molecule has 3 N–H and O–H groups in total. The molecule has 7 nitrogen and oxygen atoms in total. The summed E-state index contributed by atoms with van der Waals surface area (Å²) in [6.07, 6.45) is 0. The van der Waals surface area contributed by atoms with Crippen molar-refractivity contribution in [3.8, 4) is 17.2 Å². The first-order chi connectivity index (χ1) is 11.6. The van der Waals surface area contributed by atoms with Gasteiger partial charge in [-0.15, -0.1) is 0 Å². The zero-order valence-electron chi connectivity index (χ0n) is 15.0. The Balaban J connectivity index is 1.92. The molecule has 1 aromatic rings. The lowest BCUT2D eigenvalue weighted by molar-refractivity contribution is -1.000. The van der Waals surface area contributed by atoms with Crippen LogP contribution in [0.5, 0.6) is 17.2 Å². The van der Waals surface area contributed by atoms with E-state index in [4.69, 9.17) is 14.2 Å². The quantitative estimate of drug-likeness (QED) is 0.525. The van der Waals surface area contributed by atoms with Crippen molar-refractivity contribution in [2.24, 2.45) is 0 Å². The number of carbonyl (C=O) groups excluding carboxylic acids is 1. The molecule has 1 aliphatic heterocycles. The predicted molar refractivity (Wildman–Crippen MR) is 90.1 cm³/mol. The molecule has 0 atom stereocenters. The van der Waals surface area contributed by atoms with Crippen LogP contribution < -0.4 is 29.3 Å². The van der Waals surface area contributed by atoms with Crippen molar-refractivity contribution in [1.82, 2.24) is 5.32 Å². The minimum absolute atomic E-state index is 0.0679. The van der Waals surface area contributed by atoms with Gasteiger partial charge in [-0.25, -0.2) is 0 Å². The van der Waals surface area contributed by atoms with E-state index in [-0.39, 0.29) is 5.91 Å². The van der Waals surface area contributed by atoms with Gasteiger partial charge in [0.05, 0.1) is 28.4 Å². The smallest absolute Gasteiger partial charge is 0.275 e. The summed E-state index contributed by atoms with van der Waals surface area (Å²) in [6.45, 7) is 5.30. The summed E-state index contributed by atoms with van der Waals surface area (Å²) in [6, 6.07) is 3.71. The van der Waals surface area contributed by atoms with E-state index >= 15 is 0 Å². The topological polar surface area (TPSA) is 65.7 Å². The van der Waals surface area contributed by atoms with Crippen LogP contribution in [0.4, 0.5) is 0 Å². The van der Waals surface area contributed by atoms with Gasteiger partial charge < -0.3 is 29.3 Å². The Morgan fingerprint density at radius 2 is 1.62 bits per heavy atom. The van der Waals surface area contributed by atoms with Crippen molar-refractivity contribution in [3.63, 3.8) is 0 Å². The molecule has 1 aromatic carbocycles. The standard InChI is InChI=1S/C17H27N3O4/c1-19-5-7-20(8-6-19)12-16(21)18-11-13-9-14(22-2)17(24-4)15(10-13)23-3/h9-10H,5-8,11-12H2,1-4H3,(H,18,21)/p+2. The predicted octanol–water partition coefficient (Wildman–Crippen LogP) is -2.26. The van der Waals surface area contributed by atoms with Gasteiger partial charge in [-0.2, -0.15) is 0 Å². The maximum Gasteiger partial charge on any atom is 0.275 e. The number of amides is 1. The van der Waals surface area contributed by atoms with Crippen LogP contribution in [0.3, 0.4) is 0 Å². The van der Waals surface area contributed by atoms with E-state index in [9.17, 15) is 4.79 Å². The molecule has 134 valence electrons. The fraction of sp³-hybridized carbons (Fsp3) is 0.588. The Hall–Kier alpha value is -1.99. The summed E-state index contributed by atoms with van der Waals surface area (Å²) in [4.78, 5) is 15.1. The van der Waals surface area contributed by atoms with Crippen LogP contribution >= 0.6 is 0 Å².